The van der Waals surface area contributed by atoms with E-state index >= 15 is 0 Å². The first-order valence-electron chi connectivity index (χ1n) is 8.66. The minimum absolute atomic E-state index is 0.00905. The fraction of sp³-hybridized carbons (Fsp3) is 0.588. The van der Waals surface area contributed by atoms with E-state index < -0.39 is 43.6 Å². The second kappa shape index (κ2) is 6.62. The lowest BCUT2D eigenvalue weighted by atomic mass is 9.85. The van der Waals surface area contributed by atoms with Crippen molar-refractivity contribution in [2.45, 2.75) is 62.9 Å². The van der Waals surface area contributed by atoms with E-state index in [1.54, 1.807) is 13.8 Å². The summed E-state index contributed by atoms with van der Waals surface area (Å²) in [4.78, 5) is 22.1. The molecule has 0 spiro atoms. The van der Waals surface area contributed by atoms with Crippen LogP contribution in [0, 0.1) is 29.9 Å². The van der Waals surface area contributed by atoms with Crippen LogP contribution in [0.2, 0.25) is 0 Å². The molecule has 2 aliphatic rings. The zero-order valence-corrected chi connectivity index (χ0v) is 15.5. The summed E-state index contributed by atoms with van der Waals surface area (Å²) in [7, 11) is -4.31. The number of rotatable bonds is 4. The van der Waals surface area contributed by atoms with E-state index in [1.807, 2.05) is 0 Å². The number of nitro benzene ring substituents is 1. The molecule has 2 fully saturated rings. The molecule has 0 bridgehead atoms. The topological polar surface area (TPSA) is 118 Å². The van der Waals surface area contributed by atoms with E-state index in [1.165, 1.54) is 12.1 Å². The highest BCUT2D eigenvalue weighted by molar-refractivity contribution is 7.89. The maximum Gasteiger partial charge on any atom is 0.322 e. The van der Waals surface area contributed by atoms with Gasteiger partial charge in [-0.05, 0) is 56.2 Å². The predicted molar refractivity (Wildman–Crippen MR) is 93.4 cm³/mol. The van der Waals surface area contributed by atoms with Crippen LogP contribution in [0.15, 0.2) is 17.0 Å². The summed E-state index contributed by atoms with van der Waals surface area (Å²) in [5.74, 6) is -1.21. The summed E-state index contributed by atoms with van der Waals surface area (Å²) >= 11 is 0. The molecule has 3 rings (SSSR count). The maximum absolute atomic E-state index is 13.4. The van der Waals surface area contributed by atoms with Crippen molar-refractivity contribution in [2.24, 2.45) is 5.92 Å². The van der Waals surface area contributed by atoms with Gasteiger partial charge in [0.05, 0.1) is 4.92 Å². The van der Waals surface area contributed by atoms with Gasteiger partial charge in [0.15, 0.2) is 4.90 Å². The van der Waals surface area contributed by atoms with Crippen molar-refractivity contribution in [1.29, 1.82) is 0 Å². The third kappa shape index (κ3) is 2.99. The molecule has 1 aliphatic carbocycles. The average Bonchev–Trinajstić information content (AvgIpc) is 2.97. The van der Waals surface area contributed by atoms with Gasteiger partial charge in [0.1, 0.15) is 6.04 Å². The maximum atomic E-state index is 13.4. The first kappa shape index (κ1) is 18.8. The van der Waals surface area contributed by atoms with E-state index in [4.69, 9.17) is 0 Å². The number of benzene rings is 1. The number of carbonyl (C=O) groups is 1. The Morgan fingerprint density at radius 2 is 1.85 bits per heavy atom. The van der Waals surface area contributed by atoms with Gasteiger partial charge in [-0.2, -0.15) is 4.31 Å². The van der Waals surface area contributed by atoms with Crippen molar-refractivity contribution >= 4 is 21.7 Å². The summed E-state index contributed by atoms with van der Waals surface area (Å²) in [5.41, 5.74) is 0.722. The Kier molecular flexibility index (Phi) is 4.78. The van der Waals surface area contributed by atoms with Crippen LogP contribution < -0.4 is 0 Å². The third-order valence-electron chi connectivity index (χ3n) is 5.64. The quantitative estimate of drug-likeness (QED) is 0.632. The van der Waals surface area contributed by atoms with Crippen LogP contribution in [0.4, 0.5) is 5.69 Å². The molecule has 142 valence electrons. The largest absolute Gasteiger partial charge is 0.480 e. The van der Waals surface area contributed by atoms with Gasteiger partial charge in [-0.1, -0.05) is 12.8 Å². The number of fused-ring (bicyclic) bond motifs is 1. The molecule has 0 radical (unpaired) electrons. The van der Waals surface area contributed by atoms with E-state index in [0.29, 0.717) is 17.5 Å². The second-order valence-electron chi connectivity index (χ2n) is 7.20. The number of hydrogen-bond donors (Lipinski definition) is 1. The van der Waals surface area contributed by atoms with Crippen LogP contribution in [-0.2, 0) is 14.8 Å². The van der Waals surface area contributed by atoms with Crippen LogP contribution in [0.1, 0.15) is 43.2 Å². The number of carboxylic acid groups (broad SMARTS) is 1. The van der Waals surface area contributed by atoms with E-state index in [9.17, 15) is 28.4 Å². The Balaban J connectivity index is 2.16. The number of carboxylic acids is 1. The Morgan fingerprint density at radius 3 is 2.46 bits per heavy atom. The molecular weight excluding hydrogens is 360 g/mol. The smallest absolute Gasteiger partial charge is 0.322 e. The molecule has 1 aromatic rings. The molecule has 0 amide bonds. The molecule has 3 unspecified atom stereocenters. The molecule has 26 heavy (non-hydrogen) atoms. The lowest BCUT2D eigenvalue weighted by Gasteiger charge is -2.32. The van der Waals surface area contributed by atoms with Gasteiger partial charge in [0.25, 0.3) is 15.7 Å². The molecule has 1 N–H and O–H groups in total. The van der Waals surface area contributed by atoms with Crippen LogP contribution in [0.5, 0.6) is 0 Å². The molecule has 1 saturated carbocycles. The molecule has 1 heterocycles. The standard InChI is InChI=1S/C17H22N2O6S/c1-10-7-14(19(22)23)16(8-11(10)2)26(24,25)18-13-6-4-3-5-12(13)9-15(18)17(20)21/h7-8,12-13,15H,3-6,9H2,1-2H3,(H,20,21). The van der Waals surface area contributed by atoms with Crippen molar-refractivity contribution in [1.82, 2.24) is 4.31 Å². The summed E-state index contributed by atoms with van der Waals surface area (Å²) in [6.45, 7) is 3.35. The van der Waals surface area contributed by atoms with Gasteiger partial charge in [-0.25, -0.2) is 8.42 Å². The van der Waals surface area contributed by atoms with Crippen LogP contribution in [-0.4, -0.2) is 40.8 Å². The summed E-state index contributed by atoms with van der Waals surface area (Å²) in [6, 6.07) is 0.954. The molecule has 9 heteroatoms. The van der Waals surface area contributed by atoms with Gasteiger partial charge >= 0.3 is 5.97 Å². The van der Waals surface area contributed by atoms with Crippen molar-refractivity contribution in [3.05, 3.63) is 33.4 Å². The fourth-order valence-corrected chi connectivity index (χ4v) is 6.31. The van der Waals surface area contributed by atoms with Crippen molar-refractivity contribution in [2.75, 3.05) is 0 Å². The molecular formula is C17H22N2O6S. The highest BCUT2D eigenvalue weighted by Crippen LogP contribution is 2.44. The van der Waals surface area contributed by atoms with Gasteiger partial charge in [-0.3, -0.25) is 14.9 Å². The normalized spacial score (nSPS) is 26.5. The Morgan fingerprint density at radius 1 is 1.23 bits per heavy atom. The van der Waals surface area contributed by atoms with Gasteiger partial charge in [-0.15, -0.1) is 0 Å². The number of hydrogen-bond acceptors (Lipinski definition) is 5. The van der Waals surface area contributed by atoms with Crippen molar-refractivity contribution < 1.29 is 23.2 Å². The molecule has 1 aliphatic heterocycles. The second-order valence-corrected chi connectivity index (χ2v) is 9.01. The molecule has 0 aromatic heterocycles. The first-order chi connectivity index (χ1) is 12.1. The van der Waals surface area contributed by atoms with Gasteiger partial charge < -0.3 is 5.11 Å². The monoisotopic (exact) mass is 382 g/mol. The average molecular weight is 382 g/mol. The number of aryl methyl sites for hydroxylation is 2. The van der Waals surface area contributed by atoms with Gasteiger partial charge in [0.2, 0.25) is 0 Å². The minimum atomic E-state index is -4.31. The minimum Gasteiger partial charge on any atom is -0.480 e. The zero-order valence-electron chi connectivity index (χ0n) is 14.7. The van der Waals surface area contributed by atoms with Crippen LogP contribution in [0.3, 0.4) is 0 Å². The lowest BCUT2D eigenvalue weighted by Crippen LogP contribution is -2.46. The zero-order chi connectivity index (χ0) is 19.2. The first-order valence-corrected chi connectivity index (χ1v) is 10.1. The number of nitro groups is 1. The Bertz CT molecular complexity index is 866. The number of nitrogens with zero attached hydrogens (tertiary/aromatic N) is 2. The molecule has 3 atom stereocenters. The highest BCUT2D eigenvalue weighted by Gasteiger charge is 2.52. The van der Waals surface area contributed by atoms with E-state index in [-0.39, 0.29) is 12.3 Å². The van der Waals surface area contributed by atoms with Gasteiger partial charge in [0, 0.05) is 12.1 Å². The van der Waals surface area contributed by atoms with E-state index in [0.717, 1.165) is 23.6 Å². The predicted octanol–water partition coefficient (Wildman–Crippen LogP) is 2.62. The van der Waals surface area contributed by atoms with Crippen LogP contribution >= 0.6 is 0 Å². The summed E-state index contributed by atoms with van der Waals surface area (Å²) < 4.78 is 27.7. The SMILES string of the molecule is Cc1cc([N+](=O)[O-])c(S(=O)(=O)N2C(C(=O)O)CC3CCCCC32)cc1C. The molecule has 8 nitrogen and oxygen atoms in total. The van der Waals surface area contributed by atoms with Crippen LogP contribution in [0.25, 0.3) is 0 Å². The van der Waals surface area contributed by atoms with Crippen molar-refractivity contribution in [3.63, 3.8) is 0 Å². The third-order valence-corrected chi connectivity index (χ3v) is 7.60. The van der Waals surface area contributed by atoms with E-state index in [2.05, 4.69) is 0 Å². The lowest BCUT2D eigenvalue weighted by molar-refractivity contribution is -0.387. The van der Waals surface area contributed by atoms with Crippen molar-refractivity contribution in [3.8, 4) is 0 Å². The fourth-order valence-electron chi connectivity index (χ4n) is 4.21. The summed E-state index contributed by atoms with van der Waals surface area (Å²) in [5, 5.41) is 21.0. The Labute approximate surface area is 152 Å². The molecule has 1 saturated heterocycles. The number of sulfonamides is 1. The Hall–Kier alpha value is -2.00. The highest BCUT2D eigenvalue weighted by atomic mass is 32.2. The number of aliphatic carboxylic acids is 1. The summed E-state index contributed by atoms with van der Waals surface area (Å²) in [6.07, 6.45) is 3.42. The molecule has 1 aromatic carbocycles.